The number of nitrogens with one attached hydrogen (secondary N) is 1. The molecule has 3 aromatic heterocycles. The van der Waals surface area contributed by atoms with Gasteiger partial charge in [0.1, 0.15) is 16.2 Å². The Hall–Kier alpha value is -3.94. The highest BCUT2D eigenvalue weighted by Crippen LogP contribution is 2.36. The minimum absolute atomic E-state index is 0.0940. The zero-order valence-electron chi connectivity index (χ0n) is 20.9. The first kappa shape index (κ1) is 26.7. The number of hydrogen-bond acceptors (Lipinski definition) is 9. The third-order valence-corrected chi connectivity index (χ3v) is 6.60. The van der Waals surface area contributed by atoms with E-state index < -0.39 is 11.7 Å². The summed E-state index contributed by atoms with van der Waals surface area (Å²) in [5, 5.41) is 3.17. The van der Waals surface area contributed by atoms with E-state index in [1.165, 1.54) is 31.0 Å². The summed E-state index contributed by atoms with van der Waals surface area (Å²) in [6.07, 6.45) is 2.66. The van der Waals surface area contributed by atoms with Crippen LogP contribution in [0.1, 0.15) is 16.8 Å². The highest BCUT2D eigenvalue weighted by Gasteiger charge is 2.32. The van der Waals surface area contributed by atoms with Gasteiger partial charge in [0.2, 0.25) is 5.95 Å². The Labute approximate surface area is 226 Å². The van der Waals surface area contributed by atoms with Crippen LogP contribution in [0.3, 0.4) is 0 Å². The molecule has 1 aromatic carbocycles. The third-order valence-electron chi connectivity index (χ3n) is 6.23. The molecule has 0 aliphatic carbocycles. The van der Waals surface area contributed by atoms with E-state index in [9.17, 15) is 13.2 Å². The van der Waals surface area contributed by atoms with E-state index in [4.69, 9.17) is 26.8 Å². The van der Waals surface area contributed by atoms with E-state index >= 15 is 0 Å². The molecular weight excluding hydrogens is 537 g/mol. The monoisotopic (exact) mass is 560 g/mol. The predicted octanol–water partition coefficient (Wildman–Crippen LogP) is 4.34. The first-order valence-electron chi connectivity index (χ1n) is 11.8. The average molecular weight is 561 g/mol. The van der Waals surface area contributed by atoms with Crippen LogP contribution < -0.4 is 15.8 Å². The fourth-order valence-corrected chi connectivity index (χ4v) is 4.52. The molecule has 0 unspecified atom stereocenters. The van der Waals surface area contributed by atoms with Gasteiger partial charge in [-0.2, -0.15) is 18.2 Å². The Morgan fingerprint density at radius 1 is 1.21 bits per heavy atom. The van der Waals surface area contributed by atoms with Gasteiger partial charge >= 0.3 is 6.18 Å². The van der Waals surface area contributed by atoms with Gasteiger partial charge in [-0.15, -0.1) is 0 Å². The van der Waals surface area contributed by atoms with Crippen molar-refractivity contribution in [3.8, 4) is 5.75 Å². The fraction of sp³-hybridized carbons (Fsp3) is 0.280. The number of alkyl halides is 3. The maximum atomic E-state index is 13.7. The molecule has 1 fully saturated rings. The van der Waals surface area contributed by atoms with E-state index in [1.807, 2.05) is 4.90 Å². The van der Waals surface area contributed by atoms with E-state index in [0.717, 1.165) is 12.1 Å². The maximum Gasteiger partial charge on any atom is 0.416 e. The fourth-order valence-electron chi connectivity index (χ4n) is 4.22. The highest BCUT2D eigenvalue weighted by molar-refractivity contribution is 6.36. The second-order valence-electron chi connectivity index (χ2n) is 8.92. The van der Waals surface area contributed by atoms with Crippen LogP contribution in [0, 0.1) is 0 Å². The summed E-state index contributed by atoms with van der Waals surface area (Å²) >= 11 is 6.64. The number of hydrogen-bond donors (Lipinski definition) is 2. The van der Waals surface area contributed by atoms with Gasteiger partial charge < -0.3 is 25.1 Å². The molecule has 0 spiro atoms. The molecule has 39 heavy (non-hydrogen) atoms. The van der Waals surface area contributed by atoms with Crippen LogP contribution in [0.4, 0.5) is 24.8 Å². The molecule has 0 bridgehead atoms. The van der Waals surface area contributed by atoms with Crippen molar-refractivity contribution < 1.29 is 22.6 Å². The largest absolute Gasteiger partial charge is 0.450 e. The summed E-state index contributed by atoms with van der Waals surface area (Å²) < 4.78 is 53.8. The van der Waals surface area contributed by atoms with Crippen LogP contribution in [0.15, 0.2) is 49.2 Å². The standard InChI is InChI=1S/C25H24ClF3N8O2/c1-36-22-21(26)20(39-19(8-30)18-9-31-3-4-32-18)10-33-23(22)35-24(36)34-16-6-14(5-15(7-16)25(27,28)29)11-37-12-17(13-37)38-2/h3-10,17H,11-13,30H2,1-2H3,(H,33,34,35)/b19-8+. The number of imidazole rings is 1. The zero-order valence-corrected chi connectivity index (χ0v) is 21.7. The lowest BCUT2D eigenvalue weighted by Gasteiger charge is -2.38. The van der Waals surface area contributed by atoms with Gasteiger partial charge in [0, 0.05) is 58.1 Å². The van der Waals surface area contributed by atoms with Crippen LogP contribution in [-0.4, -0.2) is 55.7 Å². The second-order valence-corrected chi connectivity index (χ2v) is 9.30. The summed E-state index contributed by atoms with van der Waals surface area (Å²) in [4.78, 5) is 18.9. The van der Waals surface area contributed by atoms with Crippen molar-refractivity contribution in [2.75, 3.05) is 25.5 Å². The number of benzene rings is 1. The lowest BCUT2D eigenvalue weighted by Crippen LogP contribution is -2.50. The van der Waals surface area contributed by atoms with Crippen LogP contribution >= 0.6 is 11.6 Å². The number of likely N-dealkylation sites (tertiary alicyclic amines) is 1. The molecule has 0 saturated carbocycles. The van der Waals surface area contributed by atoms with E-state index in [-0.39, 0.29) is 39.9 Å². The van der Waals surface area contributed by atoms with Crippen molar-refractivity contribution in [3.05, 3.63) is 71.0 Å². The van der Waals surface area contributed by atoms with E-state index in [1.54, 1.807) is 24.8 Å². The molecule has 3 N–H and O–H groups in total. The lowest BCUT2D eigenvalue weighted by atomic mass is 10.1. The molecule has 4 aromatic rings. The summed E-state index contributed by atoms with van der Waals surface area (Å²) in [5.74, 6) is 0.641. The van der Waals surface area contributed by atoms with E-state index in [0.29, 0.717) is 36.4 Å². The molecule has 0 amide bonds. The molecule has 1 saturated heterocycles. The van der Waals surface area contributed by atoms with Crippen LogP contribution in [0.25, 0.3) is 16.9 Å². The first-order chi connectivity index (χ1) is 18.7. The molecule has 1 aliphatic heterocycles. The zero-order chi connectivity index (χ0) is 27.7. The number of ether oxygens (including phenoxy) is 2. The summed E-state index contributed by atoms with van der Waals surface area (Å²) in [6, 6.07) is 3.86. The highest BCUT2D eigenvalue weighted by atomic mass is 35.5. The average Bonchev–Trinajstić information content (AvgIpc) is 3.21. The van der Waals surface area contributed by atoms with Crippen molar-refractivity contribution >= 4 is 40.2 Å². The number of nitrogens with zero attached hydrogens (tertiary/aromatic N) is 6. The third kappa shape index (κ3) is 5.60. The van der Waals surface area contributed by atoms with Crippen molar-refractivity contribution in [2.45, 2.75) is 18.8 Å². The smallest absolute Gasteiger partial charge is 0.416 e. The van der Waals surface area contributed by atoms with Gasteiger partial charge in [0.25, 0.3) is 0 Å². The van der Waals surface area contributed by atoms with Crippen LogP contribution in [0.2, 0.25) is 5.02 Å². The Morgan fingerprint density at radius 2 is 2.00 bits per heavy atom. The topological polar surface area (TPSA) is 116 Å². The van der Waals surface area contributed by atoms with Crippen LogP contribution in [0.5, 0.6) is 5.75 Å². The van der Waals surface area contributed by atoms with Crippen molar-refractivity contribution in [1.29, 1.82) is 0 Å². The Balaban J connectivity index is 1.44. The molecule has 1 aliphatic rings. The SMILES string of the molecule is COC1CN(Cc2cc(Nc3nc4ncc(O/C(=C/N)c5cnccn5)c(Cl)c4n3C)cc(C(F)(F)F)c2)C1. The Kier molecular flexibility index (Phi) is 7.30. The number of pyridine rings is 1. The Bertz CT molecular complexity index is 1520. The van der Waals surface area contributed by atoms with Gasteiger partial charge in [-0.25, -0.2) is 9.97 Å². The molecule has 4 heterocycles. The van der Waals surface area contributed by atoms with Gasteiger partial charge in [0.15, 0.2) is 17.2 Å². The number of rotatable bonds is 8. The molecule has 204 valence electrons. The Morgan fingerprint density at radius 3 is 2.67 bits per heavy atom. The minimum atomic E-state index is -4.52. The van der Waals surface area contributed by atoms with Gasteiger partial charge in [-0.3, -0.25) is 9.88 Å². The number of anilines is 2. The first-order valence-corrected chi connectivity index (χ1v) is 12.1. The summed E-state index contributed by atoms with van der Waals surface area (Å²) in [5.41, 5.74) is 6.76. The number of nitrogens with two attached hydrogens (primary N) is 1. The summed E-state index contributed by atoms with van der Waals surface area (Å²) in [7, 11) is 3.28. The number of methoxy groups -OCH3 is 1. The van der Waals surface area contributed by atoms with E-state index in [2.05, 4.69) is 25.3 Å². The number of fused-ring (bicyclic) bond motifs is 1. The normalized spacial score (nSPS) is 15.0. The number of aryl methyl sites for hydroxylation is 1. The molecule has 0 atom stereocenters. The second kappa shape index (κ2) is 10.7. The molecule has 10 nitrogen and oxygen atoms in total. The maximum absolute atomic E-state index is 13.7. The minimum Gasteiger partial charge on any atom is -0.450 e. The molecule has 14 heteroatoms. The summed E-state index contributed by atoms with van der Waals surface area (Å²) in [6.45, 7) is 1.68. The van der Waals surface area contributed by atoms with Crippen molar-refractivity contribution in [1.82, 2.24) is 29.4 Å². The predicted molar refractivity (Wildman–Crippen MR) is 139 cm³/mol. The van der Waals surface area contributed by atoms with Gasteiger partial charge in [-0.1, -0.05) is 11.6 Å². The molecular formula is C25H24ClF3N8O2. The number of aromatic nitrogens is 5. The van der Waals surface area contributed by atoms with Crippen molar-refractivity contribution in [3.63, 3.8) is 0 Å². The van der Waals surface area contributed by atoms with Gasteiger partial charge in [0.05, 0.1) is 24.1 Å². The quantitative estimate of drug-likeness (QED) is 0.303. The molecule has 0 radical (unpaired) electrons. The van der Waals surface area contributed by atoms with Crippen LogP contribution in [-0.2, 0) is 24.5 Å². The van der Waals surface area contributed by atoms with Gasteiger partial charge in [-0.05, 0) is 23.8 Å². The lowest BCUT2D eigenvalue weighted by molar-refractivity contribution is -0.137. The van der Waals surface area contributed by atoms with Crippen molar-refractivity contribution in [2.24, 2.45) is 12.8 Å². The molecule has 5 rings (SSSR count). The number of halogens is 4.